The summed E-state index contributed by atoms with van der Waals surface area (Å²) in [6.07, 6.45) is 0.733. The van der Waals surface area contributed by atoms with Gasteiger partial charge in [0, 0.05) is 20.1 Å². The molecular weight excluding hydrogens is 264 g/mol. The number of nitrogens with two attached hydrogens (primary N) is 1. The monoisotopic (exact) mass is 288 g/mol. The molecule has 0 amide bonds. The van der Waals surface area contributed by atoms with E-state index in [4.69, 9.17) is 22.2 Å². The van der Waals surface area contributed by atoms with Gasteiger partial charge in [0.1, 0.15) is 0 Å². The van der Waals surface area contributed by atoms with Crippen LogP contribution in [0.4, 0.5) is 0 Å². The summed E-state index contributed by atoms with van der Waals surface area (Å²) in [7, 11) is 1.90. The van der Waals surface area contributed by atoms with Crippen LogP contribution in [-0.4, -0.2) is 28.5 Å². The van der Waals surface area contributed by atoms with E-state index >= 15 is 0 Å². The lowest BCUT2D eigenvalue weighted by Crippen LogP contribution is -2.49. The third-order valence-electron chi connectivity index (χ3n) is 3.30. The number of hydrogen-bond acceptors (Lipinski definition) is 4. The van der Waals surface area contributed by atoms with Gasteiger partial charge in [-0.1, -0.05) is 25.4 Å². The minimum absolute atomic E-state index is 0.00671. The van der Waals surface area contributed by atoms with Gasteiger partial charge in [0.05, 0.1) is 28.6 Å². The summed E-state index contributed by atoms with van der Waals surface area (Å²) in [4.78, 5) is 0. The van der Waals surface area contributed by atoms with E-state index in [2.05, 4.69) is 24.4 Å². The van der Waals surface area contributed by atoms with Gasteiger partial charge in [-0.2, -0.15) is 5.10 Å². The van der Waals surface area contributed by atoms with Gasteiger partial charge in [0.2, 0.25) is 0 Å². The van der Waals surface area contributed by atoms with E-state index in [0.29, 0.717) is 24.0 Å². The maximum atomic E-state index is 6.28. The minimum Gasteiger partial charge on any atom is -0.377 e. The number of hydrazine groups is 1. The van der Waals surface area contributed by atoms with E-state index in [0.717, 1.165) is 11.4 Å². The third-order valence-corrected chi connectivity index (χ3v) is 3.79. The standard InChI is InChI=1S/C13H25ClN4O/c1-6-19-13(8(2)3)10(16-15)7-11-12(14)9(4)17-18(11)5/h8,10,13,16H,6-7,15H2,1-5H3. The summed E-state index contributed by atoms with van der Waals surface area (Å²) in [6, 6.07) is 0.00671. The summed E-state index contributed by atoms with van der Waals surface area (Å²) in [6.45, 7) is 8.81. The molecule has 0 saturated heterocycles. The molecule has 0 radical (unpaired) electrons. The van der Waals surface area contributed by atoms with Crippen LogP contribution in [0.2, 0.25) is 5.02 Å². The molecule has 0 spiro atoms. The second-order valence-corrected chi connectivity index (χ2v) is 5.49. The summed E-state index contributed by atoms with van der Waals surface area (Å²) < 4.78 is 7.61. The number of nitrogens with one attached hydrogen (secondary N) is 1. The van der Waals surface area contributed by atoms with E-state index in [-0.39, 0.29) is 12.1 Å². The minimum atomic E-state index is 0.00671. The number of ether oxygens (including phenoxy) is 1. The van der Waals surface area contributed by atoms with Crippen molar-refractivity contribution in [3.8, 4) is 0 Å². The highest BCUT2D eigenvalue weighted by Crippen LogP contribution is 2.23. The highest BCUT2D eigenvalue weighted by Gasteiger charge is 2.26. The molecule has 1 aromatic heterocycles. The van der Waals surface area contributed by atoms with Crippen LogP contribution in [0, 0.1) is 12.8 Å². The van der Waals surface area contributed by atoms with Gasteiger partial charge in [-0.3, -0.25) is 16.0 Å². The zero-order chi connectivity index (χ0) is 14.6. The molecule has 0 aliphatic carbocycles. The normalized spacial score (nSPS) is 14.9. The Balaban J connectivity index is 2.91. The number of aromatic nitrogens is 2. The summed E-state index contributed by atoms with van der Waals surface area (Å²) in [5.74, 6) is 6.06. The zero-order valence-electron chi connectivity index (χ0n) is 12.4. The lowest BCUT2D eigenvalue weighted by atomic mass is 9.96. The second-order valence-electron chi connectivity index (χ2n) is 5.11. The first-order valence-electron chi connectivity index (χ1n) is 6.68. The average Bonchev–Trinajstić information content (AvgIpc) is 2.59. The van der Waals surface area contributed by atoms with E-state index < -0.39 is 0 Å². The van der Waals surface area contributed by atoms with Crippen molar-refractivity contribution in [1.82, 2.24) is 15.2 Å². The van der Waals surface area contributed by atoms with Crippen molar-refractivity contribution < 1.29 is 4.74 Å². The molecule has 0 aliphatic rings. The van der Waals surface area contributed by atoms with Crippen LogP contribution in [0.1, 0.15) is 32.2 Å². The van der Waals surface area contributed by atoms with Gasteiger partial charge in [-0.05, 0) is 19.8 Å². The van der Waals surface area contributed by atoms with Crippen LogP contribution < -0.4 is 11.3 Å². The van der Waals surface area contributed by atoms with Crippen LogP contribution in [0.25, 0.3) is 0 Å². The van der Waals surface area contributed by atoms with E-state index in [1.165, 1.54) is 0 Å². The predicted octanol–water partition coefficient (Wildman–Crippen LogP) is 1.82. The van der Waals surface area contributed by atoms with Crippen molar-refractivity contribution in [2.24, 2.45) is 18.8 Å². The molecular formula is C13H25ClN4O. The van der Waals surface area contributed by atoms with Gasteiger partial charge in [0.25, 0.3) is 0 Å². The van der Waals surface area contributed by atoms with Gasteiger partial charge in [-0.15, -0.1) is 0 Å². The maximum absolute atomic E-state index is 6.28. The van der Waals surface area contributed by atoms with Crippen LogP contribution >= 0.6 is 11.6 Å². The Kier molecular flexibility index (Phi) is 6.26. The molecule has 110 valence electrons. The lowest BCUT2D eigenvalue weighted by Gasteiger charge is -2.29. The predicted molar refractivity (Wildman–Crippen MR) is 78.0 cm³/mol. The molecule has 2 unspecified atom stereocenters. The zero-order valence-corrected chi connectivity index (χ0v) is 13.2. The van der Waals surface area contributed by atoms with Crippen molar-refractivity contribution in [1.29, 1.82) is 0 Å². The Bertz CT molecular complexity index is 406. The third kappa shape index (κ3) is 3.92. The van der Waals surface area contributed by atoms with Crippen molar-refractivity contribution in [3.05, 3.63) is 16.4 Å². The molecule has 5 nitrogen and oxygen atoms in total. The number of halogens is 1. The van der Waals surface area contributed by atoms with Crippen LogP contribution in [0.3, 0.4) is 0 Å². The van der Waals surface area contributed by atoms with Crippen molar-refractivity contribution in [3.63, 3.8) is 0 Å². The molecule has 0 saturated carbocycles. The van der Waals surface area contributed by atoms with Crippen molar-refractivity contribution in [2.75, 3.05) is 6.61 Å². The SMILES string of the molecule is CCOC(C(C)C)C(Cc1c(Cl)c(C)nn1C)NN. The van der Waals surface area contributed by atoms with Crippen LogP contribution in [0.5, 0.6) is 0 Å². The van der Waals surface area contributed by atoms with E-state index in [9.17, 15) is 0 Å². The van der Waals surface area contributed by atoms with Crippen LogP contribution in [-0.2, 0) is 18.2 Å². The molecule has 1 heterocycles. The second kappa shape index (κ2) is 7.24. The Morgan fingerprint density at radius 1 is 1.47 bits per heavy atom. The fourth-order valence-electron chi connectivity index (χ4n) is 2.35. The molecule has 3 N–H and O–H groups in total. The molecule has 0 bridgehead atoms. The van der Waals surface area contributed by atoms with Crippen molar-refractivity contribution >= 4 is 11.6 Å². The number of hydrogen-bond donors (Lipinski definition) is 2. The Morgan fingerprint density at radius 2 is 2.11 bits per heavy atom. The van der Waals surface area contributed by atoms with Gasteiger partial charge >= 0.3 is 0 Å². The molecule has 0 aromatic carbocycles. The lowest BCUT2D eigenvalue weighted by molar-refractivity contribution is 0.00317. The maximum Gasteiger partial charge on any atom is 0.0847 e. The quantitative estimate of drug-likeness (QED) is 0.593. The van der Waals surface area contributed by atoms with E-state index in [1.54, 1.807) is 0 Å². The number of nitrogens with zero attached hydrogens (tertiary/aromatic N) is 2. The summed E-state index contributed by atoms with van der Waals surface area (Å²) >= 11 is 6.28. The smallest absolute Gasteiger partial charge is 0.0847 e. The molecule has 1 aromatic rings. The highest BCUT2D eigenvalue weighted by molar-refractivity contribution is 6.31. The molecule has 0 fully saturated rings. The van der Waals surface area contributed by atoms with Gasteiger partial charge in [-0.25, -0.2) is 0 Å². The first kappa shape index (κ1) is 16.4. The number of aryl methyl sites for hydroxylation is 2. The number of rotatable bonds is 7. The molecule has 1 rings (SSSR count). The van der Waals surface area contributed by atoms with Crippen molar-refractivity contribution in [2.45, 2.75) is 46.3 Å². The first-order chi connectivity index (χ1) is 8.92. The average molecular weight is 289 g/mol. The first-order valence-corrected chi connectivity index (χ1v) is 7.05. The Hall–Kier alpha value is -0.620. The van der Waals surface area contributed by atoms with Gasteiger partial charge < -0.3 is 4.74 Å². The van der Waals surface area contributed by atoms with E-state index in [1.807, 2.05) is 25.6 Å². The Labute approximate surface area is 120 Å². The molecule has 2 atom stereocenters. The molecule has 0 aliphatic heterocycles. The largest absolute Gasteiger partial charge is 0.377 e. The summed E-state index contributed by atoms with van der Waals surface area (Å²) in [5, 5.41) is 5.03. The van der Waals surface area contributed by atoms with Gasteiger partial charge in [0.15, 0.2) is 0 Å². The molecule has 6 heteroatoms. The topological polar surface area (TPSA) is 65.1 Å². The molecule has 19 heavy (non-hydrogen) atoms. The summed E-state index contributed by atoms with van der Waals surface area (Å²) in [5.41, 5.74) is 4.68. The highest BCUT2D eigenvalue weighted by atomic mass is 35.5. The van der Waals surface area contributed by atoms with Crippen LogP contribution in [0.15, 0.2) is 0 Å². The fourth-order valence-corrected chi connectivity index (χ4v) is 2.58. The fraction of sp³-hybridized carbons (Fsp3) is 0.769. The Morgan fingerprint density at radius 3 is 2.47 bits per heavy atom.